The summed E-state index contributed by atoms with van der Waals surface area (Å²) in [4.78, 5) is 22.5. The molecule has 8 nitrogen and oxygen atoms in total. The molecule has 0 aliphatic carbocycles. The maximum atomic E-state index is 12.0. The van der Waals surface area contributed by atoms with Crippen LogP contribution < -0.4 is 10.1 Å². The second-order valence-corrected chi connectivity index (χ2v) is 6.80. The van der Waals surface area contributed by atoms with E-state index in [0.29, 0.717) is 17.3 Å². The van der Waals surface area contributed by atoms with Crippen LogP contribution in [-0.2, 0) is 4.79 Å². The first-order chi connectivity index (χ1) is 13.6. The minimum atomic E-state index is -0.495. The Kier molecular flexibility index (Phi) is 6.74. The van der Waals surface area contributed by atoms with Gasteiger partial charge in [0.05, 0.1) is 17.2 Å². The van der Waals surface area contributed by atoms with Crippen molar-refractivity contribution >= 4 is 34.2 Å². The van der Waals surface area contributed by atoms with Crippen LogP contribution in [0.15, 0.2) is 64.8 Å². The van der Waals surface area contributed by atoms with Gasteiger partial charge in [0.2, 0.25) is 5.91 Å². The van der Waals surface area contributed by atoms with Crippen molar-refractivity contribution in [1.82, 2.24) is 5.32 Å². The first-order valence-corrected chi connectivity index (χ1v) is 9.61. The van der Waals surface area contributed by atoms with Crippen LogP contribution in [0.2, 0.25) is 0 Å². The third-order valence-corrected chi connectivity index (χ3v) is 4.70. The number of amides is 1. The summed E-state index contributed by atoms with van der Waals surface area (Å²) in [5, 5.41) is 22.4. The molecular formula is C19H18N4O4S. The number of rotatable bonds is 7. The van der Waals surface area contributed by atoms with E-state index in [9.17, 15) is 14.9 Å². The van der Waals surface area contributed by atoms with Gasteiger partial charge in [-0.2, -0.15) is 5.10 Å². The van der Waals surface area contributed by atoms with Gasteiger partial charge in [-0.3, -0.25) is 14.9 Å². The number of thioether (sulfide) groups is 1. The Morgan fingerprint density at radius 1 is 1.14 bits per heavy atom. The molecule has 3 rings (SSSR count). The van der Waals surface area contributed by atoms with Gasteiger partial charge in [0.15, 0.2) is 10.9 Å². The minimum absolute atomic E-state index is 0.0907. The fourth-order valence-corrected chi connectivity index (χ4v) is 3.24. The van der Waals surface area contributed by atoms with Gasteiger partial charge in [-0.05, 0) is 18.1 Å². The Bertz CT molecular complexity index is 915. The number of benzene rings is 2. The summed E-state index contributed by atoms with van der Waals surface area (Å²) in [6.45, 7) is 0.203. The van der Waals surface area contributed by atoms with E-state index in [1.807, 2.05) is 30.3 Å². The average molecular weight is 398 g/mol. The minimum Gasteiger partial charge on any atom is -0.487 e. The van der Waals surface area contributed by atoms with Crippen LogP contribution in [0.1, 0.15) is 18.4 Å². The number of para-hydroxylation sites is 2. The largest absolute Gasteiger partial charge is 0.487 e. The second-order valence-electron chi connectivity index (χ2n) is 5.83. The van der Waals surface area contributed by atoms with Crippen molar-refractivity contribution in [2.24, 2.45) is 10.2 Å². The number of ether oxygens (including phenoxy) is 1. The summed E-state index contributed by atoms with van der Waals surface area (Å²) in [5.74, 6) is 0.628. The highest BCUT2D eigenvalue weighted by molar-refractivity contribution is 8.14. The topological polar surface area (TPSA) is 106 Å². The number of carbonyl (C=O) groups excluding carboxylic acids is 1. The van der Waals surface area contributed by atoms with E-state index in [4.69, 9.17) is 4.74 Å². The maximum absolute atomic E-state index is 12.0. The molecule has 0 bridgehead atoms. The van der Waals surface area contributed by atoms with E-state index in [0.717, 1.165) is 11.3 Å². The average Bonchev–Trinajstić information content (AvgIpc) is 2.72. The fraction of sp³-hybridized carbons (Fsp3) is 0.211. The molecule has 0 saturated heterocycles. The van der Waals surface area contributed by atoms with Crippen LogP contribution in [0, 0.1) is 10.1 Å². The predicted molar refractivity (Wildman–Crippen MR) is 109 cm³/mol. The highest BCUT2D eigenvalue weighted by atomic mass is 32.2. The monoisotopic (exact) mass is 398 g/mol. The zero-order valence-electron chi connectivity index (χ0n) is 14.9. The quantitative estimate of drug-likeness (QED) is 0.437. The molecule has 9 heteroatoms. The van der Waals surface area contributed by atoms with Crippen LogP contribution in [-0.4, -0.2) is 34.1 Å². The van der Waals surface area contributed by atoms with Gasteiger partial charge in [-0.1, -0.05) is 54.2 Å². The van der Waals surface area contributed by atoms with Crippen molar-refractivity contribution in [3.8, 4) is 5.75 Å². The number of nitro groups is 1. The number of nitro benzene ring substituents is 1. The van der Waals surface area contributed by atoms with Crippen molar-refractivity contribution in [1.29, 1.82) is 0 Å². The summed E-state index contributed by atoms with van der Waals surface area (Å²) in [7, 11) is 0. The van der Waals surface area contributed by atoms with Crippen molar-refractivity contribution in [3.63, 3.8) is 0 Å². The van der Waals surface area contributed by atoms with Gasteiger partial charge < -0.3 is 10.1 Å². The highest BCUT2D eigenvalue weighted by Gasteiger charge is 2.15. The van der Waals surface area contributed by atoms with Crippen molar-refractivity contribution in [2.45, 2.75) is 12.8 Å². The SMILES string of the molecule is O=C(CCCOc1ccccc1[N+](=O)[O-])NC1=NN=C(c2ccccc2)CS1. The van der Waals surface area contributed by atoms with Gasteiger partial charge in [-0.15, -0.1) is 5.10 Å². The predicted octanol–water partition coefficient (Wildman–Crippen LogP) is 3.38. The Hall–Kier alpha value is -3.20. The zero-order chi connectivity index (χ0) is 19.8. The van der Waals surface area contributed by atoms with Gasteiger partial charge in [0, 0.05) is 18.2 Å². The molecule has 0 saturated carbocycles. The highest BCUT2D eigenvalue weighted by Crippen LogP contribution is 2.25. The van der Waals surface area contributed by atoms with Crippen LogP contribution in [0.3, 0.4) is 0 Å². The lowest BCUT2D eigenvalue weighted by atomic mass is 10.1. The van der Waals surface area contributed by atoms with Gasteiger partial charge in [0.1, 0.15) is 0 Å². The molecule has 1 heterocycles. The third-order valence-electron chi connectivity index (χ3n) is 3.83. The molecule has 1 aliphatic rings. The molecule has 1 amide bonds. The Morgan fingerprint density at radius 2 is 1.89 bits per heavy atom. The maximum Gasteiger partial charge on any atom is 0.310 e. The van der Waals surface area contributed by atoms with E-state index < -0.39 is 4.92 Å². The number of nitrogens with zero attached hydrogens (tertiary/aromatic N) is 3. The lowest BCUT2D eigenvalue weighted by molar-refractivity contribution is -0.385. The summed E-state index contributed by atoms with van der Waals surface area (Å²) in [5.41, 5.74) is 1.78. The molecule has 0 radical (unpaired) electrons. The third kappa shape index (κ3) is 5.40. The fourth-order valence-electron chi connectivity index (χ4n) is 2.46. The van der Waals surface area contributed by atoms with E-state index in [1.165, 1.54) is 23.9 Å². The summed E-state index contributed by atoms with van der Waals surface area (Å²) in [6, 6.07) is 15.9. The molecule has 0 fully saturated rings. The summed E-state index contributed by atoms with van der Waals surface area (Å²) in [6.07, 6.45) is 0.643. The normalized spacial score (nSPS) is 13.3. The van der Waals surface area contributed by atoms with Crippen molar-refractivity contribution < 1.29 is 14.5 Å². The number of carbonyl (C=O) groups is 1. The molecule has 0 aromatic heterocycles. The van der Waals surface area contributed by atoms with Crippen LogP contribution >= 0.6 is 11.8 Å². The van der Waals surface area contributed by atoms with Gasteiger partial charge in [0.25, 0.3) is 0 Å². The van der Waals surface area contributed by atoms with E-state index in [1.54, 1.807) is 12.1 Å². The smallest absolute Gasteiger partial charge is 0.310 e. The molecular weight excluding hydrogens is 380 g/mol. The lowest BCUT2D eigenvalue weighted by Crippen LogP contribution is -2.30. The lowest BCUT2D eigenvalue weighted by Gasteiger charge is -2.13. The molecule has 0 atom stereocenters. The molecule has 1 N–H and O–H groups in total. The molecule has 0 spiro atoms. The second kappa shape index (κ2) is 9.65. The van der Waals surface area contributed by atoms with E-state index in [2.05, 4.69) is 15.5 Å². The van der Waals surface area contributed by atoms with Crippen LogP contribution in [0.25, 0.3) is 0 Å². The van der Waals surface area contributed by atoms with Gasteiger partial charge in [-0.25, -0.2) is 0 Å². The molecule has 2 aromatic rings. The standard InChI is InChI=1S/C19H18N4O4S/c24-18(11-6-12-27-17-10-5-4-9-16(17)23(25)26)20-19-22-21-15(13-28-19)14-7-2-1-3-8-14/h1-5,7-10H,6,11-13H2,(H,20,22,24). The number of hydrogen-bond donors (Lipinski definition) is 1. The Morgan fingerprint density at radius 3 is 2.61 bits per heavy atom. The van der Waals surface area contributed by atoms with Crippen LogP contribution in [0.4, 0.5) is 5.69 Å². The number of amidine groups is 1. The summed E-state index contributed by atoms with van der Waals surface area (Å²) < 4.78 is 5.42. The van der Waals surface area contributed by atoms with Crippen LogP contribution in [0.5, 0.6) is 5.75 Å². The number of hydrogen-bond acceptors (Lipinski definition) is 7. The molecule has 0 unspecified atom stereocenters. The molecule has 1 aliphatic heterocycles. The summed E-state index contributed by atoms with van der Waals surface area (Å²) >= 11 is 1.42. The molecule has 144 valence electrons. The zero-order valence-corrected chi connectivity index (χ0v) is 15.7. The Balaban J connectivity index is 1.44. The van der Waals surface area contributed by atoms with Gasteiger partial charge >= 0.3 is 5.69 Å². The van der Waals surface area contributed by atoms with E-state index >= 15 is 0 Å². The first kappa shape index (κ1) is 19.6. The van der Waals surface area contributed by atoms with Crippen molar-refractivity contribution in [3.05, 3.63) is 70.3 Å². The molecule has 28 heavy (non-hydrogen) atoms. The first-order valence-electron chi connectivity index (χ1n) is 8.62. The Labute approximate surface area is 165 Å². The van der Waals surface area contributed by atoms with E-state index in [-0.39, 0.29) is 30.4 Å². The molecule has 2 aromatic carbocycles. The number of nitrogens with one attached hydrogen (secondary N) is 1. The van der Waals surface area contributed by atoms with Crippen molar-refractivity contribution in [2.75, 3.05) is 12.4 Å².